The number of carbonyl (C=O) groups is 2. The van der Waals surface area contributed by atoms with Gasteiger partial charge in [-0.15, -0.1) is 0 Å². The molecule has 1 aliphatic heterocycles. The summed E-state index contributed by atoms with van der Waals surface area (Å²) in [5.41, 5.74) is -2.00. The second-order valence-electron chi connectivity index (χ2n) is 9.43. The van der Waals surface area contributed by atoms with Crippen LogP contribution < -0.4 is 5.32 Å². The molecule has 2 unspecified atom stereocenters. The summed E-state index contributed by atoms with van der Waals surface area (Å²) < 4.78 is 16.5. The number of ether oxygens (including phenoxy) is 3. The van der Waals surface area contributed by atoms with Crippen LogP contribution in [0.25, 0.3) is 0 Å². The van der Waals surface area contributed by atoms with Crippen LogP contribution in [0.1, 0.15) is 61.8 Å². The van der Waals surface area contributed by atoms with Gasteiger partial charge in [0.15, 0.2) is 0 Å². The molecule has 1 aliphatic rings. The number of nitrogens with zero attached hydrogens (tertiary/aromatic N) is 1. The van der Waals surface area contributed by atoms with E-state index < -0.39 is 29.1 Å². The van der Waals surface area contributed by atoms with Gasteiger partial charge in [-0.2, -0.15) is 0 Å². The molecule has 27 heavy (non-hydrogen) atoms. The minimum absolute atomic E-state index is 0.130. The lowest BCUT2D eigenvalue weighted by Crippen LogP contribution is -2.50. The van der Waals surface area contributed by atoms with Crippen LogP contribution in [0.4, 0.5) is 9.59 Å². The van der Waals surface area contributed by atoms with E-state index in [0.29, 0.717) is 13.0 Å². The summed E-state index contributed by atoms with van der Waals surface area (Å²) in [5.74, 6) is -0.245. The van der Waals surface area contributed by atoms with Crippen LogP contribution in [0, 0.1) is 5.92 Å². The van der Waals surface area contributed by atoms with E-state index in [-0.39, 0.29) is 25.1 Å². The molecule has 1 saturated heterocycles. The van der Waals surface area contributed by atoms with E-state index in [1.54, 1.807) is 25.7 Å². The third kappa shape index (κ3) is 7.92. The van der Waals surface area contributed by atoms with Crippen molar-refractivity contribution in [3.05, 3.63) is 0 Å². The molecule has 2 atom stereocenters. The molecule has 0 saturated carbocycles. The molecule has 1 heterocycles. The Morgan fingerprint density at radius 1 is 1.19 bits per heavy atom. The summed E-state index contributed by atoms with van der Waals surface area (Å²) in [6, 6.07) is -0.257. The van der Waals surface area contributed by atoms with Crippen LogP contribution >= 0.6 is 0 Å². The highest BCUT2D eigenvalue weighted by atomic mass is 16.6. The van der Waals surface area contributed by atoms with Gasteiger partial charge in [-0.05, 0) is 61.8 Å². The van der Waals surface area contributed by atoms with Crippen LogP contribution in [-0.2, 0) is 14.2 Å². The quantitative estimate of drug-likeness (QED) is 0.752. The summed E-state index contributed by atoms with van der Waals surface area (Å²) in [7, 11) is 0. The minimum Gasteiger partial charge on any atom is -0.444 e. The normalized spacial score (nSPS) is 20.9. The fourth-order valence-electron chi connectivity index (χ4n) is 2.89. The van der Waals surface area contributed by atoms with Gasteiger partial charge in [0.2, 0.25) is 0 Å². The van der Waals surface area contributed by atoms with Gasteiger partial charge in [0, 0.05) is 19.1 Å². The van der Waals surface area contributed by atoms with Crippen molar-refractivity contribution in [1.29, 1.82) is 0 Å². The monoisotopic (exact) mass is 388 g/mol. The van der Waals surface area contributed by atoms with Crippen molar-refractivity contribution in [1.82, 2.24) is 10.2 Å². The zero-order valence-electron chi connectivity index (χ0n) is 17.9. The van der Waals surface area contributed by atoms with Crippen molar-refractivity contribution in [2.75, 3.05) is 19.8 Å². The Hall–Kier alpha value is -1.54. The molecule has 158 valence electrons. The molecule has 8 nitrogen and oxygen atoms in total. The number of carbonyl (C=O) groups excluding carboxylic acids is 2. The molecule has 0 aromatic rings. The number of hydrogen-bond acceptors (Lipinski definition) is 6. The van der Waals surface area contributed by atoms with Crippen LogP contribution in [-0.4, -0.2) is 64.9 Å². The van der Waals surface area contributed by atoms with E-state index in [2.05, 4.69) is 5.32 Å². The summed E-state index contributed by atoms with van der Waals surface area (Å²) in [6.07, 6.45) is -0.519. The summed E-state index contributed by atoms with van der Waals surface area (Å²) in [5, 5.41) is 12.4. The molecular weight excluding hydrogens is 352 g/mol. The van der Waals surface area contributed by atoms with Gasteiger partial charge in [-0.25, -0.2) is 9.59 Å². The first-order chi connectivity index (χ1) is 12.1. The Bertz CT molecular complexity index is 521. The van der Waals surface area contributed by atoms with E-state index in [1.807, 2.05) is 34.6 Å². The summed E-state index contributed by atoms with van der Waals surface area (Å²) >= 11 is 0. The number of alkyl carbamates (subject to hydrolysis) is 1. The van der Waals surface area contributed by atoms with Crippen LogP contribution in [0.3, 0.4) is 0 Å². The molecule has 2 N–H and O–H groups in total. The minimum atomic E-state index is -0.800. The molecule has 0 radical (unpaired) electrons. The first-order valence-corrected chi connectivity index (χ1v) is 9.38. The third-order valence-corrected chi connectivity index (χ3v) is 3.96. The lowest BCUT2D eigenvalue weighted by atomic mass is 10.00. The van der Waals surface area contributed by atoms with Gasteiger partial charge in [0.05, 0.1) is 12.6 Å². The van der Waals surface area contributed by atoms with E-state index in [9.17, 15) is 14.7 Å². The predicted molar refractivity (Wildman–Crippen MR) is 101 cm³/mol. The Morgan fingerprint density at radius 3 is 2.22 bits per heavy atom. The van der Waals surface area contributed by atoms with Gasteiger partial charge in [-0.3, -0.25) is 4.90 Å². The van der Waals surface area contributed by atoms with E-state index in [0.717, 1.165) is 0 Å². The van der Waals surface area contributed by atoms with Crippen molar-refractivity contribution >= 4 is 12.2 Å². The molecule has 1 fully saturated rings. The average molecular weight is 389 g/mol. The maximum atomic E-state index is 12.7. The van der Waals surface area contributed by atoms with Crippen LogP contribution in [0.15, 0.2) is 0 Å². The summed E-state index contributed by atoms with van der Waals surface area (Å²) in [6.45, 7) is 14.9. The fraction of sp³-hybridized carbons (Fsp3) is 0.895. The van der Waals surface area contributed by atoms with Gasteiger partial charge >= 0.3 is 12.2 Å². The molecular formula is C19H36N2O6. The molecule has 0 aromatic carbocycles. The lowest BCUT2D eigenvalue weighted by molar-refractivity contribution is -0.0633. The highest BCUT2D eigenvalue weighted by Gasteiger charge is 2.46. The Balaban J connectivity index is 2.72. The number of rotatable bonds is 5. The largest absolute Gasteiger partial charge is 0.444 e. The zero-order chi connectivity index (χ0) is 21.0. The standard InChI is InChI=1S/C19H36N2O6/c1-17(2,3)26-15(23)20-10-13(11-22)9-14-12-25-19(7,8)21(14)16(24)27-18(4,5)6/h13-14,22H,9-12H2,1-8H3,(H,20,23). The lowest BCUT2D eigenvalue weighted by Gasteiger charge is -2.36. The first-order valence-electron chi connectivity index (χ1n) is 9.38. The molecule has 0 spiro atoms. The molecule has 8 heteroatoms. The maximum Gasteiger partial charge on any atom is 0.412 e. The fourth-order valence-corrected chi connectivity index (χ4v) is 2.89. The Labute approximate surface area is 162 Å². The number of aliphatic hydroxyl groups excluding tert-OH is 1. The van der Waals surface area contributed by atoms with Crippen molar-refractivity contribution in [2.24, 2.45) is 5.92 Å². The van der Waals surface area contributed by atoms with Crippen LogP contribution in [0.5, 0.6) is 0 Å². The van der Waals surface area contributed by atoms with Gasteiger partial charge < -0.3 is 24.6 Å². The second-order valence-corrected chi connectivity index (χ2v) is 9.43. The number of nitrogens with one attached hydrogen (secondary N) is 1. The SMILES string of the molecule is CC(C)(C)OC(=O)NCC(CO)CC1COC(C)(C)N1C(=O)OC(C)(C)C. The van der Waals surface area contributed by atoms with Gasteiger partial charge in [-0.1, -0.05) is 0 Å². The van der Waals surface area contributed by atoms with Crippen molar-refractivity contribution in [3.8, 4) is 0 Å². The zero-order valence-corrected chi connectivity index (χ0v) is 17.9. The smallest absolute Gasteiger partial charge is 0.412 e. The number of aliphatic hydroxyl groups is 1. The van der Waals surface area contributed by atoms with Gasteiger partial charge in [0.1, 0.15) is 16.9 Å². The molecule has 2 amide bonds. The second kappa shape index (κ2) is 8.65. The number of hydrogen-bond donors (Lipinski definition) is 2. The highest BCUT2D eigenvalue weighted by molar-refractivity contribution is 5.70. The summed E-state index contributed by atoms with van der Waals surface area (Å²) in [4.78, 5) is 26.1. The molecule has 0 bridgehead atoms. The topological polar surface area (TPSA) is 97.3 Å². The molecule has 0 aromatic heterocycles. The molecule has 1 rings (SSSR count). The van der Waals surface area contributed by atoms with E-state index in [4.69, 9.17) is 14.2 Å². The van der Waals surface area contributed by atoms with Gasteiger partial charge in [0.25, 0.3) is 0 Å². The average Bonchev–Trinajstić information content (AvgIpc) is 2.74. The third-order valence-electron chi connectivity index (χ3n) is 3.96. The van der Waals surface area contributed by atoms with Crippen molar-refractivity contribution < 1.29 is 28.9 Å². The van der Waals surface area contributed by atoms with E-state index >= 15 is 0 Å². The maximum absolute atomic E-state index is 12.7. The van der Waals surface area contributed by atoms with E-state index in [1.165, 1.54) is 0 Å². The highest BCUT2D eigenvalue weighted by Crippen LogP contribution is 2.32. The Morgan fingerprint density at radius 2 is 1.74 bits per heavy atom. The van der Waals surface area contributed by atoms with Crippen LogP contribution in [0.2, 0.25) is 0 Å². The number of amides is 2. The first kappa shape index (κ1) is 23.5. The van der Waals surface area contributed by atoms with Crippen molar-refractivity contribution in [2.45, 2.75) is 84.8 Å². The predicted octanol–water partition coefficient (Wildman–Crippen LogP) is 2.88. The Kier molecular flexibility index (Phi) is 7.52. The van der Waals surface area contributed by atoms with Crippen molar-refractivity contribution in [3.63, 3.8) is 0 Å². The molecule has 0 aliphatic carbocycles.